The predicted molar refractivity (Wildman–Crippen MR) is 135 cm³/mol. The summed E-state index contributed by atoms with van der Waals surface area (Å²) in [5.41, 5.74) is 0.761. The molecule has 2 saturated carbocycles. The Kier molecular flexibility index (Phi) is 7.32. The first kappa shape index (κ1) is 28.4. The zero-order chi connectivity index (χ0) is 27.4. The first-order valence-electron chi connectivity index (χ1n) is 13.0. The summed E-state index contributed by atoms with van der Waals surface area (Å²) in [4.78, 5) is 0. The molecular formula is C27H38F3NO5S. The maximum Gasteiger partial charge on any atom is 0.414 e. The number of aliphatic hydroxyl groups excluding tert-OH is 1. The van der Waals surface area contributed by atoms with Crippen LogP contribution < -0.4 is 4.72 Å². The molecule has 0 radical (unpaired) electrons. The Labute approximate surface area is 217 Å². The van der Waals surface area contributed by atoms with E-state index in [1.807, 2.05) is 19.1 Å². The second kappa shape index (κ2) is 9.54. The van der Waals surface area contributed by atoms with Crippen LogP contribution in [0.1, 0.15) is 82.3 Å². The normalized spacial score (nSPS) is 36.3. The number of allylic oxidation sites excluding steroid dienone is 1. The average Bonchev–Trinajstić information content (AvgIpc) is 3.03. The minimum Gasteiger partial charge on any atom is -0.390 e. The van der Waals surface area contributed by atoms with Crippen LogP contribution in [0.5, 0.6) is 0 Å². The van der Waals surface area contributed by atoms with E-state index >= 15 is 0 Å². The van der Waals surface area contributed by atoms with Crippen molar-refractivity contribution in [2.75, 3.05) is 4.72 Å². The molecule has 0 bridgehead atoms. The smallest absolute Gasteiger partial charge is 0.390 e. The molecule has 1 aromatic rings. The third-order valence-corrected chi connectivity index (χ3v) is 10.4. The fourth-order valence-electron chi connectivity index (χ4n) is 8.06. The van der Waals surface area contributed by atoms with Crippen molar-refractivity contribution in [1.82, 2.24) is 0 Å². The Morgan fingerprint density at radius 3 is 2.57 bits per heavy atom. The quantitative estimate of drug-likeness (QED) is 0.188. The van der Waals surface area contributed by atoms with Crippen LogP contribution in [0.15, 0.2) is 30.9 Å². The van der Waals surface area contributed by atoms with Gasteiger partial charge in [-0.2, -0.15) is 21.6 Å². The van der Waals surface area contributed by atoms with Gasteiger partial charge in [0.1, 0.15) is 6.10 Å². The first-order chi connectivity index (χ1) is 17.0. The standard InChI is InChI=1S/C27H38F3NO5S/c1-4-26-14-11-17-15-19(31-37(34,35)36)9-10-20(17)23(26)18(7-5-6-8-22(32)27(28,29)30)16-24(2)21(26)12-13-25(24,3)33/h4,9-10,15,18,21-23,31-33H,1,5-8,11-14,16H2,2-3H3,(H,34,35,36)/t18-,21?,22+,23?,24-,25-,26?/m0/s1. The molecule has 3 aliphatic carbocycles. The van der Waals surface area contributed by atoms with Crippen LogP contribution in [0, 0.1) is 22.7 Å². The Morgan fingerprint density at radius 1 is 1.24 bits per heavy atom. The van der Waals surface area contributed by atoms with Gasteiger partial charge in [-0.25, -0.2) is 0 Å². The first-order valence-corrected chi connectivity index (χ1v) is 14.5. The molecule has 2 fully saturated rings. The molecule has 0 amide bonds. The van der Waals surface area contributed by atoms with Gasteiger partial charge in [0.25, 0.3) is 0 Å². The van der Waals surface area contributed by atoms with Gasteiger partial charge in [0, 0.05) is 0 Å². The summed E-state index contributed by atoms with van der Waals surface area (Å²) in [6.07, 6.45) is -0.157. The molecule has 0 saturated heterocycles. The van der Waals surface area contributed by atoms with Gasteiger partial charge in [0.2, 0.25) is 0 Å². The zero-order valence-corrected chi connectivity index (χ0v) is 22.2. The Balaban J connectivity index is 1.69. The number of anilines is 1. The summed E-state index contributed by atoms with van der Waals surface area (Å²) >= 11 is 0. The fraction of sp³-hybridized carbons (Fsp3) is 0.704. The molecule has 208 valence electrons. The SMILES string of the molecule is C=CC12CCc3cc(NS(=O)(=O)O)ccc3C1[C@@H](CCCC[C@@H](O)C(F)(F)F)C[C@@]1(C)C2CC[C@]1(C)O. The molecular weight excluding hydrogens is 507 g/mol. The second-order valence-corrected chi connectivity index (χ2v) is 13.0. The van der Waals surface area contributed by atoms with Gasteiger partial charge in [-0.3, -0.25) is 9.27 Å². The van der Waals surface area contributed by atoms with E-state index in [2.05, 4.69) is 18.2 Å². The molecule has 7 atom stereocenters. The maximum atomic E-state index is 12.8. The molecule has 37 heavy (non-hydrogen) atoms. The lowest BCUT2D eigenvalue weighted by Crippen LogP contribution is -2.57. The number of hydrogen-bond acceptors (Lipinski definition) is 4. The number of aryl methyl sites for hydroxylation is 1. The number of unbranched alkanes of at least 4 members (excludes halogenated alkanes) is 1. The van der Waals surface area contributed by atoms with E-state index in [9.17, 15) is 36.4 Å². The van der Waals surface area contributed by atoms with Crippen LogP contribution in [0.3, 0.4) is 0 Å². The van der Waals surface area contributed by atoms with Crippen molar-refractivity contribution in [3.05, 3.63) is 42.0 Å². The van der Waals surface area contributed by atoms with E-state index < -0.39 is 28.2 Å². The fourth-order valence-corrected chi connectivity index (χ4v) is 8.48. The Morgan fingerprint density at radius 2 is 1.95 bits per heavy atom. The minimum absolute atomic E-state index is 0.0213. The van der Waals surface area contributed by atoms with E-state index in [4.69, 9.17) is 0 Å². The highest BCUT2D eigenvalue weighted by Gasteiger charge is 2.66. The summed E-state index contributed by atoms with van der Waals surface area (Å²) in [5, 5.41) is 20.9. The number of rotatable bonds is 8. The van der Waals surface area contributed by atoms with Crippen molar-refractivity contribution in [2.24, 2.45) is 22.7 Å². The van der Waals surface area contributed by atoms with Crippen molar-refractivity contribution in [3.63, 3.8) is 0 Å². The molecule has 0 spiro atoms. The highest BCUT2D eigenvalue weighted by atomic mass is 32.2. The number of fused-ring (bicyclic) bond motifs is 5. The van der Waals surface area contributed by atoms with E-state index in [1.54, 1.807) is 12.1 Å². The van der Waals surface area contributed by atoms with Gasteiger partial charge in [0.15, 0.2) is 0 Å². The van der Waals surface area contributed by atoms with Crippen molar-refractivity contribution < 1.29 is 36.4 Å². The Hall–Kier alpha value is -1.62. The summed E-state index contributed by atoms with van der Waals surface area (Å²) in [7, 11) is -4.41. The van der Waals surface area contributed by atoms with Gasteiger partial charge in [-0.1, -0.05) is 31.9 Å². The molecule has 1 aromatic carbocycles. The lowest BCUT2D eigenvalue weighted by molar-refractivity contribution is -0.205. The number of aliphatic hydroxyl groups is 2. The van der Waals surface area contributed by atoms with Gasteiger partial charge in [0.05, 0.1) is 11.3 Å². The van der Waals surface area contributed by atoms with Gasteiger partial charge < -0.3 is 10.2 Å². The van der Waals surface area contributed by atoms with Crippen molar-refractivity contribution in [3.8, 4) is 0 Å². The average molecular weight is 546 g/mol. The van der Waals surface area contributed by atoms with Crippen LogP contribution in [0.25, 0.3) is 0 Å². The van der Waals surface area contributed by atoms with Gasteiger partial charge in [-0.05, 0) is 104 Å². The molecule has 4 rings (SSSR count). The number of alkyl halides is 3. The second-order valence-electron chi connectivity index (χ2n) is 11.9. The molecule has 3 unspecified atom stereocenters. The Bertz CT molecular complexity index is 1140. The van der Waals surface area contributed by atoms with Crippen LogP contribution in [0.4, 0.5) is 18.9 Å². The van der Waals surface area contributed by atoms with Crippen LogP contribution in [-0.2, 0) is 16.7 Å². The van der Waals surface area contributed by atoms with Crippen molar-refractivity contribution in [2.45, 2.75) is 95.4 Å². The molecule has 6 nitrogen and oxygen atoms in total. The molecule has 0 aromatic heterocycles. The highest BCUT2D eigenvalue weighted by Crippen LogP contribution is 2.71. The number of nitrogens with one attached hydrogen (secondary N) is 1. The molecule has 10 heteroatoms. The van der Waals surface area contributed by atoms with Crippen LogP contribution >= 0.6 is 0 Å². The number of halogens is 3. The summed E-state index contributed by atoms with van der Waals surface area (Å²) < 4.78 is 72.4. The zero-order valence-electron chi connectivity index (χ0n) is 21.4. The topological polar surface area (TPSA) is 107 Å². The minimum atomic E-state index is -4.62. The van der Waals surface area contributed by atoms with Gasteiger partial charge in [-0.15, -0.1) is 6.58 Å². The third-order valence-electron chi connectivity index (χ3n) is 9.92. The molecule has 0 heterocycles. The summed E-state index contributed by atoms with van der Waals surface area (Å²) in [5.74, 6) is 0.268. The summed E-state index contributed by atoms with van der Waals surface area (Å²) in [6.45, 7) is 8.29. The highest BCUT2D eigenvalue weighted by molar-refractivity contribution is 7.87. The van der Waals surface area contributed by atoms with Crippen molar-refractivity contribution in [1.29, 1.82) is 0 Å². The number of hydrogen-bond donors (Lipinski definition) is 4. The predicted octanol–water partition coefficient (Wildman–Crippen LogP) is 5.77. The lowest BCUT2D eigenvalue weighted by Gasteiger charge is -2.61. The largest absolute Gasteiger partial charge is 0.414 e. The molecule has 3 aliphatic rings. The van der Waals surface area contributed by atoms with E-state index in [-0.39, 0.29) is 47.1 Å². The molecule has 0 aliphatic heterocycles. The van der Waals surface area contributed by atoms with Crippen molar-refractivity contribution >= 4 is 16.0 Å². The number of benzene rings is 1. The third kappa shape index (κ3) is 5.06. The van der Waals surface area contributed by atoms with Crippen LogP contribution in [0.2, 0.25) is 0 Å². The monoisotopic (exact) mass is 545 g/mol. The molecule has 4 N–H and O–H groups in total. The lowest BCUT2D eigenvalue weighted by atomic mass is 9.43. The maximum absolute atomic E-state index is 12.8. The summed E-state index contributed by atoms with van der Waals surface area (Å²) in [6, 6.07) is 5.26. The van der Waals surface area contributed by atoms with E-state index in [0.717, 1.165) is 30.4 Å². The van der Waals surface area contributed by atoms with Gasteiger partial charge >= 0.3 is 16.5 Å². The van der Waals surface area contributed by atoms with Crippen LogP contribution in [-0.4, -0.2) is 41.1 Å². The van der Waals surface area contributed by atoms with E-state index in [1.165, 1.54) is 0 Å². The van der Waals surface area contributed by atoms with E-state index in [0.29, 0.717) is 25.7 Å².